The summed E-state index contributed by atoms with van der Waals surface area (Å²) in [6.45, 7) is 8.95. The van der Waals surface area contributed by atoms with Crippen LogP contribution in [0.1, 0.15) is 40.0 Å². The van der Waals surface area contributed by atoms with Crippen LogP contribution in [0.4, 0.5) is 0 Å². The molecule has 0 fully saturated rings. The Morgan fingerprint density at radius 1 is 1.25 bits per heavy atom. The van der Waals surface area contributed by atoms with Crippen LogP contribution in [0.25, 0.3) is 0 Å². The van der Waals surface area contributed by atoms with Crippen molar-refractivity contribution in [3.63, 3.8) is 0 Å². The van der Waals surface area contributed by atoms with Crippen molar-refractivity contribution in [2.24, 2.45) is 5.92 Å². The maximum atomic E-state index is 3.39. The molecule has 0 spiro atoms. The molecule has 1 nitrogen and oxygen atoms in total. The highest BCUT2D eigenvalue weighted by Crippen LogP contribution is 1.96. The molecule has 0 amide bonds. The molecule has 1 N–H and O–H groups in total. The van der Waals surface area contributed by atoms with Crippen molar-refractivity contribution in [1.82, 2.24) is 5.32 Å². The quantitative estimate of drug-likeness (QED) is 0.456. The van der Waals surface area contributed by atoms with Crippen molar-refractivity contribution < 1.29 is 0 Å². The first-order valence-corrected chi connectivity index (χ1v) is 5.14. The van der Waals surface area contributed by atoms with Gasteiger partial charge in [-0.1, -0.05) is 32.9 Å². The van der Waals surface area contributed by atoms with Crippen molar-refractivity contribution in [2.45, 2.75) is 40.0 Å². The molecule has 0 saturated heterocycles. The molecule has 0 aliphatic rings. The zero-order valence-electron chi connectivity index (χ0n) is 8.77. The highest BCUT2D eigenvalue weighted by atomic mass is 14.8. The van der Waals surface area contributed by atoms with Gasteiger partial charge in [0.1, 0.15) is 0 Å². The number of rotatable bonds is 7. The van der Waals surface area contributed by atoms with Gasteiger partial charge in [0.15, 0.2) is 0 Å². The first-order valence-electron chi connectivity index (χ1n) is 5.14. The average Bonchev–Trinajstić information content (AvgIpc) is 2.02. The van der Waals surface area contributed by atoms with E-state index in [1.807, 2.05) is 0 Å². The minimum Gasteiger partial charge on any atom is -0.317 e. The van der Waals surface area contributed by atoms with E-state index in [4.69, 9.17) is 0 Å². The van der Waals surface area contributed by atoms with Gasteiger partial charge in [0.2, 0.25) is 0 Å². The lowest BCUT2D eigenvalue weighted by atomic mass is 10.2. The summed E-state index contributed by atoms with van der Waals surface area (Å²) in [6.07, 6.45) is 8.29. The molecule has 0 aromatic carbocycles. The van der Waals surface area contributed by atoms with Gasteiger partial charge in [-0.3, -0.25) is 0 Å². The standard InChI is InChI=1S/C11H23N/c1-4-9-12-10-7-5-6-8-11(2)3/h6,8,11-12H,4-5,7,9-10H2,1-3H3/b8-6+. The topological polar surface area (TPSA) is 12.0 Å². The molecular formula is C11H23N. The largest absolute Gasteiger partial charge is 0.317 e. The van der Waals surface area contributed by atoms with Crippen LogP contribution in [0.2, 0.25) is 0 Å². The van der Waals surface area contributed by atoms with E-state index in [9.17, 15) is 0 Å². The Morgan fingerprint density at radius 2 is 2.00 bits per heavy atom. The van der Waals surface area contributed by atoms with Crippen LogP contribution in [0.15, 0.2) is 12.2 Å². The summed E-state index contributed by atoms with van der Waals surface area (Å²) in [5.74, 6) is 0.702. The summed E-state index contributed by atoms with van der Waals surface area (Å²) in [7, 11) is 0. The van der Waals surface area contributed by atoms with Gasteiger partial charge in [0, 0.05) is 0 Å². The second kappa shape index (κ2) is 8.79. The lowest BCUT2D eigenvalue weighted by Crippen LogP contribution is -2.15. The van der Waals surface area contributed by atoms with Crippen LogP contribution in [-0.2, 0) is 0 Å². The fraction of sp³-hybridized carbons (Fsp3) is 0.818. The van der Waals surface area contributed by atoms with Crippen LogP contribution < -0.4 is 5.32 Å². The maximum absolute atomic E-state index is 3.39. The monoisotopic (exact) mass is 169 g/mol. The molecule has 0 aromatic heterocycles. The van der Waals surface area contributed by atoms with Crippen LogP contribution >= 0.6 is 0 Å². The molecule has 72 valence electrons. The minimum atomic E-state index is 0.702. The molecule has 0 aliphatic heterocycles. The molecule has 0 heterocycles. The Kier molecular flexibility index (Phi) is 8.57. The van der Waals surface area contributed by atoms with Crippen molar-refractivity contribution in [1.29, 1.82) is 0 Å². The van der Waals surface area contributed by atoms with Gasteiger partial charge >= 0.3 is 0 Å². The van der Waals surface area contributed by atoms with Crippen molar-refractivity contribution in [2.75, 3.05) is 13.1 Å². The smallest absolute Gasteiger partial charge is 0.00460 e. The number of unbranched alkanes of at least 4 members (excludes halogenated alkanes) is 1. The van der Waals surface area contributed by atoms with E-state index in [-0.39, 0.29) is 0 Å². The van der Waals surface area contributed by atoms with E-state index in [0.717, 1.165) is 13.1 Å². The third kappa shape index (κ3) is 9.70. The molecule has 0 rings (SSSR count). The molecule has 1 heteroatoms. The van der Waals surface area contributed by atoms with E-state index in [0.29, 0.717) is 5.92 Å². The molecule has 0 saturated carbocycles. The first-order chi connectivity index (χ1) is 5.77. The molecule has 0 bridgehead atoms. The normalized spacial score (nSPS) is 11.7. The predicted molar refractivity (Wildman–Crippen MR) is 56.4 cm³/mol. The van der Waals surface area contributed by atoms with Crippen molar-refractivity contribution in [3.8, 4) is 0 Å². The fourth-order valence-corrected chi connectivity index (χ4v) is 1.02. The number of hydrogen-bond acceptors (Lipinski definition) is 1. The van der Waals surface area contributed by atoms with Gasteiger partial charge in [-0.2, -0.15) is 0 Å². The summed E-state index contributed by atoms with van der Waals surface area (Å²) in [5.41, 5.74) is 0. The Hall–Kier alpha value is -0.300. The number of hydrogen-bond donors (Lipinski definition) is 1. The van der Waals surface area contributed by atoms with E-state index < -0.39 is 0 Å². The SMILES string of the molecule is CCCNCCC/C=C/C(C)C. The highest BCUT2D eigenvalue weighted by molar-refractivity contribution is 4.84. The zero-order valence-corrected chi connectivity index (χ0v) is 8.77. The van der Waals surface area contributed by atoms with Gasteiger partial charge in [-0.15, -0.1) is 0 Å². The molecule has 0 atom stereocenters. The van der Waals surface area contributed by atoms with Crippen molar-refractivity contribution in [3.05, 3.63) is 12.2 Å². The molecule has 0 unspecified atom stereocenters. The molecule has 0 radical (unpaired) electrons. The Morgan fingerprint density at radius 3 is 2.58 bits per heavy atom. The summed E-state index contributed by atoms with van der Waals surface area (Å²) in [5, 5.41) is 3.39. The van der Waals surface area contributed by atoms with Gasteiger partial charge in [-0.25, -0.2) is 0 Å². The number of nitrogens with one attached hydrogen (secondary N) is 1. The van der Waals surface area contributed by atoms with Crippen molar-refractivity contribution >= 4 is 0 Å². The highest BCUT2D eigenvalue weighted by Gasteiger charge is 1.85. The minimum absolute atomic E-state index is 0.702. The first kappa shape index (κ1) is 11.7. The predicted octanol–water partition coefficient (Wildman–Crippen LogP) is 2.98. The summed E-state index contributed by atoms with van der Waals surface area (Å²) >= 11 is 0. The van der Waals surface area contributed by atoms with E-state index in [1.165, 1.54) is 19.3 Å². The molecular weight excluding hydrogens is 146 g/mol. The Labute approximate surface area is 77.2 Å². The van der Waals surface area contributed by atoms with Crippen LogP contribution in [-0.4, -0.2) is 13.1 Å². The van der Waals surface area contributed by atoms with Gasteiger partial charge in [0.25, 0.3) is 0 Å². The lowest BCUT2D eigenvalue weighted by Gasteiger charge is -2.00. The summed E-state index contributed by atoms with van der Waals surface area (Å²) in [6, 6.07) is 0. The zero-order chi connectivity index (χ0) is 9.23. The van der Waals surface area contributed by atoms with Crippen LogP contribution in [0.5, 0.6) is 0 Å². The fourth-order valence-electron chi connectivity index (χ4n) is 1.02. The third-order valence-electron chi connectivity index (χ3n) is 1.67. The molecule has 12 heavy (non-hydrogen) atoms. The van der Waals surface area contributed by atoms with Gasteiger partial charge in [0.05, 0.1) is 0 Å². The Bertz CT molecular complexity index is 106. The van der Waals surface area contributed by atoms with E-state index in [2.05, 4.69) is 38.2 Å². The maximum Gasteiger partial charge on any atom is -0.00460 e. The van der Waals surface area contributed by atoms with E-state index >= 15 is 0 Å². The molecule has 0 aromatic rings. The second-order valence-electron chi connectivity index (χ2n) is 3.56. The molecule has 0 aliphatic carbocycles. The van der Waals surface area contributed by atoms with E-state index in [1.54, 1.807) is 0 Å². The number of allylic oxidation sites excluding steroid dienone is 2. The second-order valence-corrected chi connectivity index (χ2v) is 3.56. The van der Waals surface area contributed by atoms with Gasteiger partial charge < -0.3 is 5.32 Å². The average molecular weight is 169 g/mol. The lowest BCUT2D eigenvalue weighted by molar-refractivity contribution is 0.643. The summed E-state index contributed by atoms with van der Waals surface area (Å²) < 4.78 is 0. The van der Waals surface area contributed by atoms with Gasteiger partial charge in [-0.05, 0) is 38.3 Å². The van der Waals surface area contributed by atoms with Crippen LogP contribution in [0, 0.1) is 5.92 Å². The Balaban J connectivity index is 3.00. The summed E-state index contributed by atoms with van der Waals surface area (Å²) in [4.78, 5) is 0. The van der Waals surface area contributed by atoms with Crippen LogP contribution in [0.3, 0.4) is 0 Å². The third-order valence-corrected chi connectivity index (χ3v) is 1.67.